The molecule has 39 heavy (non-hydrogen) atoms. The number of aliphatic hydroxyl groups is 3. The molecule has 0 aromatic heterocycles. The molecule has 1 aliphatic rings. The number of allylic oxidation sites excluding steroid dienone is 9. The quantitative estimate of drug-likeness (QED) is 0.343. The number of cyclic esters (lactones) is 1. The molecule has 0 spiro atoms. The molecule has 1 aromatic rings. The van der Waals surface area contributed by atoms with Crippen LogP contribution in [0.15, 0.2) is 96.2 Å². The summed E-state index contributed by atoms with van der Waals surface area (Å²) < 4.78 is 5.83. The molecule has 6 heteroatoms. The monoisotopic (exact) mass is 536 g/mol. The largest absolute Gasteiger partial charge is 0.508 e. The Bertz CT molecular complexity index is 1090. The number of ether oxygens (including phenoxy) is 1. The first-order valence-corrected chi connectivity index (χ1v) is 13.6. The van der Waals surface area contributed by atoms with Gasteiger partial charge in [-0.2, -0.15) is 0 Å². The second-order valence-corrected chi connectivity index (χ2v) is 10.4. The lowest BCUT2D eigenvalue weighted by atomic mass is 9.88. The van der Waals surface area contributed by atoms with Crippen LogP contribution in [-0.4, -0.2) is 44.7 Å². The fourth-order valence-corrected chi connectivity index (χ4v) is 4.16. The zero-order valence-corrected chi connectivity index (χ0v) is 23.5. The molecule has 0 fully saturated rings. The summed E-state index contributed by atoms with van der Waals surface area (Å²) >= 11 is 0. The number of hydrogen-bond donors (Lipinski definition) is 4. The summed E-state index contributed by atoms with van der Waals surface area (Å²) in [6, 6.07) is 6.34. The summed E-state index contributed by atoms with van der Waals surface area (Å²) in [5.74, 6) is -0.784. The third-order valence-corrected chi connectivity index (χ3v) is 6.97. The van der Waals surface area contributed by atoms with Gasteiger partial charge in [0.2, 0.25) is 0 Å². The van der Waals surface area contributed by atoms with Gasteiger partial charge in [-0.15, -0.1) is 0 Å². The molecule has 1 heterocycles. The highest BCUT2D eigenvalue weighted by Gasteiger charge is 2.28. The molecule has 0 bridgehead atoms. The van der Waals surface area contributed by atoms with Crippen molar-refractivity contribution < 1.29 is 30.0 Å². The summed E-state index contributed by atoms with van der Waals surface area (Å²) in [7, 11) is 0. The average Bonchev–Trinajstić information content (AvgIpc) is 2.91. The van der Waals surface area contributed by atoms with Gasteiger partial charge in [-0.05, 0) is 62.3 Å². The minimum atomic E-state index is -0.989. The first-order valence-electron chi connectivity index (χ1n) is 13.6. The lowest BCUT2D eigenvalue weighted by Crippen LogP contribution is -2.31. The third-order valence-electron chi connectivity index (χ3n) is 6.97. The number of benzene rings is 1. The molecule has 0 amide bonds. The van der Waals surface area contributed by atoms with Crippen LogP contribution in [0.4, 0.5) is 0 Å². The Kier molecular flexibility index (Phi) is 13.7. The lowest BCUT2D eigenvalue weighted by Gasteiger charge is -2.28. The maximum absolute atomic E-state index is 12.8. The van der Waals surface area contributed by atoms with Crippen molar-refractivity contribution in [1.29, 1.82) is 0 Å². The first-order chi connectivity index (χ1) is 18.6. The molecular formula is C33H44O6. The zero-order chi connectivity index (χ0) is 28.8. The maximum Gasteiger partial charge on any atom is 0.333 e. The summed E-state index contributed by atoms with van der Waals surface area (Å²) in [5.41, 5.74) is 1.82. The Morgan fingerprint density at radius 3 is 2.46 bits per heavy atom. The molecule has 0 saturated heterocycles. The zero-order valence-electron chi connectivity index (χ0n) is 23.5. The smallest absolute Gasteiger partial charge is 0.333 e. The number of carbonyl (C=O) groups is 1. The number of phenols is 1. The van der Waals surface area contributed by atoms with Crippen molar-refractivity contribution in [3.8, 4) is 5.75 Å². The van der Waals surface area contributed by atoms with Crippen LogP contribution in [0.2, 0.25) is 0 Å². The summed E-state index contributed by atoms with van der Waals surface area (Å²) in [5, 5.41) is 41.9. The van der Waals surface area contributed by atoms with E-state index in [9.17, 15) is 25.2 Å². The van der Waals surface area contributed by atoms with Crippen LogP contribution in [-0.2, 0) is 9.53 Å². The fraction of sp³-hybridized carbons (Fsp3) is 0.424. The number of carbonyl (C=O) groups excluding carboxylic acids is 1. The van der Waals surface area contributed by atoms with E-state index >= 15 is 0 Å². The van der Waals surface area contributed by atoms with Crippen LogP contribution in [0.1, 0.15) is 65.0 Å². The molecule has 212 valence electrons. The Morgan fingerprint density at radius 2 is 1.72 bits per heavy atom. The van der Waals surface area contributed by atoms with Gasteiger partial charge in [0.15, 0.2) is 0 Å². The van der Waals surface area contributed by atoms with Crippen LogP contribution in [0.5, 0.6) is 5.75 Å². The van der Waals surface area contributed by atoms with E-state index in [1.165, 1.54) is 12.1 Å². The van der Waals surface area contributed by atoms with Gasteiger partial charge < -0.3 is 25.2 Å². The van der Waals surface area contributed by atoms with E-state index in [1.54, 1.807) is 44.2 Å². The van der Waals surface area contributed by atoms with Crippen LogP contribution < -0.4 is 0 Å². The minimum Gasteiger partial charge on any atom is -0.508 e. The van der Waals surface area contributed by atoms with Gasteiger partial charge in [0, 0.05) is 17.9 Å². The van der Waals surface area contributed by atoms with Crippen molar-refractivity contribution in [3.05, 3.63) is 102 Å². The van der Waals surface area contributed by atoms with Crippen LogP contribution in [0, 0.1) is 11.8 Å². The highest BCUT2D eigenvalue weighted by molar-refractivity contribution is 5.88. The summed E-state index contributed by atoms with van der Waals surface area (Å²) in [4.78, 5) is 12.8. The number of aliphatic hydroxyl groups excluding tert-OH is 3. The highest BCUT2D eigenvalue weighted by atomic mass is 16.5. The molecule has 2 rings (SSSR count). The SMILES string of the molecule is CC1=CC=CC=CC=CCC(O)C(C)=CC=CC(C)CCC(CC(O)C(C)C(O)c2cccc(O)c2)OC1=O. The number of hydrogen-bond acceptors (Lipinski definition) is 6. The van der Waals surface area contributed by atoms with Crippen LogP contribution >= 0.6 is 0 Å². The molecule has 1 aliphatic heterocycles. The Balaban J connectivity index is 2.21. The predicted octanol–water partition coefficient (Wildman–Crippen LogP) is 6.02. The van der Waals surface area contributed by atoms with Gasteiger partial charge in [0.25, 0.3) is 0 Å². The molecule has 6 unspecified atom stereocenters. The highest BCUT2D eigenvalue weighted by Crippen LogP contribution is 2.29. The normalized spacial score (nSPS) is 24.3. The van der Waals surface area contributed by atoms with Gasteiger partial charge in [0.1, 0.15) is 11.9 Å². The average molecular weight is 537 g/mol. The van der Waals surface area contributed by atoms with E-state index in [1.807, 2.05) is 49.5 Å². The van der Waals surface area contributed by atoms with Gasteiger partial charge in [-0.1, -0.05) is 86.7 Å². The fourth-order valence-electron chi connectivity index (χ4n) is 4.16. The van der Waals surface area contributed by atoms with Gasteiger partial charge in [-0.3, -0.25) is 0 Å². The van der Waals surface area contributed by atoms with E-state index in [-0.39, 0.29) is 18.1 Å². The second kappa shape index (κ2) is 16.7. The molecular weight excluding hydrogens is 492 g/mol. The van der Waals surface area contributed by atoms with Crippen molar-refractivity contribution in [1.82, 2.24) is 0 Å². The lowest BCUT2D eigenvalue weighted by molar-refractivity contribution is -0.146. The van der Waals surface area contributed by atoms with E-state index in [4.69, 9.17) is 4.74 Å². The van der Waals surface area contributed by atoms with Gasteiger partial charge in [0.05, 0.1) is 18.3 Å². The van der Waals surface area contributed by atoms with E-state index in [0.29, 0.717) is 24.0 Å². The van der Waals surface area contributed by atoms with Crippen molar-refractivity contribution in [2.24, 2.45) is 11.8 Å². The van der Waals surface area contributed by atoms with E-state index < -0.39 is 36.3 Å². The van der Waals surface area contributed by atoms with E-state index in [0.717, 1.165) is 12.0 Å². The van der Waals surface area contributed by atoms with Crippen LogP contribution in [0.25, 0.3) is 0 Å². The topological polar surface area (TPSA) is 107 Å². The molecule has 6 atom stereocenters. The molecule has 6 nitrogen and oxygen atoms in total. The van der Waals surface area contributed by atoms with Crippen LogP contribution in [0.3, 0.4) is 0 Å². The number of rotatable bonds is 5. The first kappa shape index (κ1) is 32.0. The van der Waals surface area contributed by atoms with Crippen molar-refractivity contribution in [2.45, 2.75) is 77.8 Å². The third kappa shape index (κ3) is 11.6. The van der Waals surface area contributed by atoms with Gasteiger partial charge in [-0.25, -0.2) is 4.79 Å². The van der Waals surface area contributed by atoms with Gasteiger partial charge >= 0.3 is 5.97 Å². The minimum absolute atomic E-state index is 0.0436. The molecule has 0 aliphatic carbocycles. The molecule has 4 N–H and O–H groups in total. The number of phenolic OH excluding ortho intramolecular Hbond substituents is 1. The molecule has 0 saturated carbocycles. The van der Waals surface area contributed by atoms with Crippen molar-refractivity contribution in [3.63, 3.8) is 0 Å². The molecule has 0 radical (unpaired) electrons. The Hall–Kier alpha value is -3.19. The van der Waals surface area contributed by atoms with Crippen molar-refractivity contribution >= 4 is 5.97 Å². The number of aromatic hydroxyl groups is 1. The predicted molar refractivity (Wildman–Crippen MR) is 156 cm³/mol. The number of esters is 1. The maximum atomic E-state index is 12.8. The summed E-state index contributed by atoms with van der Waals surface area (Å²) in [6.07, 6.45) is 17.5. The Labute approximate surface area is 233 Å². The Morgan fingerprint density at radius 1 is 1.00 bits per heavy atom. The van der Waals surface area contributed by atoms with E-state index in [2.05, 4.69) is 6.92 Å². The second-order valence-electron chi connectivity index (χ2n) is 10.4. The van der Waals surface area contributed by atoms with Crippen molar-refractivity contribution in [2.75, 3.05) is 0 Å². The summed E-state index contributed by atoms with van der Waals surface area (Å²) in [6.45, 7) is 7.39. The molecule has 1 aromatic carbocycles. The standard InChI is InChI=1S/C33H44O6/c1-23-13-11-15-24(2)30(35)18-10-8-6-5-7-9-14-25(3)33(38)39-29(20-19-23)22-31(36)26(4)32(37)27-16-12-17-28(34)21-27/h5-17,21,23,26,29-32,34-37H,18-20,22H2,1-4H3.